The van der Waals surface area contributed by atoms with Crippen LogP contribution in [0.3, 0.4) is 0 Å². The summed E-state index contributed by atoms with van der Waals surface area (Å²) in [6.45, 7) is 0.593. The molecule has 0 aliphatic rings. The largest absolute Gasteiger partial charge is 0.380 e. The van der Waals surface area contributed by atoms with E-state index in [0.29, 0.717) is 21.7 Å². The first-order valence-electron chi connectivity index (χ1n) is 4.97. The van der Waals surface area contributed by atoms with Crippen molar-refractivity contribution in [3.05, 3.63) is 54.1 Å². The Balaban J connectivity index is 2.10. The van der Waals surface area contributed by atoms with Crippen molar-refractivity contribution in [2.75, 3.05) is 5.32 Å². The second-order valence-corrected chi connectivity index (χ2v) is 5.79. The molecule has 1 aromatic heterocycles. The first-order chi connectivity index (χ1) is 8.56. The highest BCUT2D eigenvalue weighted by Crippen LogP contribution is 2.28. The van der Waals surface area contributed by atoms with Crippen LogP contribution in [0.5, 0.6) is 0 Å². The molecule has 0 bridgehead atoms. The van der Waals surface area contributed by atoms with E-state index >= 15 is 0 Å². The predicted molar refractivity (Wildman–Crippen MR) is 77.5 cm³/mol. The molecule has 0 saturated carbocycles. The number of halogens is 2. The molecule has 0 radical (unpaired) electrons. The molecule has 2 aromatic rings. The van der Waals surface area contributed by atoms with E-state index in [4.69, 9.17) is 11.6 Å². The van der Waals surface area contributed by atoms with Gasteiger partial charge in [0.25, 0.3) is 5.69 Å². The highest BCUT2D eigenvalue weighted by Gasteiger charge is 2.12. The molecule has 18 heavy (non-hydrogen) atoms. The molecule has 1 heterocycles. The number of thiophene rings is 1. The van der Waals surface area contributed by atoms with Crippen molar-refractivity contribution in [1.82, 2.24) is 0 Å². The fraction of sp³-hybridized carbons (Fsp3) is 0.0909. The van der Waals surface area contributed by atoms with Crippen molar-refractivity contribution in [2.24, 2.45) is 0 Å². The third kappa shape index (κ3) is 3.22. The van der Waals surface area contributed by atoms with Crippen molar-refractivity contribution in [2.45, 2.75) is 6.54 Å². The van der Waals surface area contributed by atoms with Crippen molar-refractivity contribution >= 4 is 50.2 Å². The average molecular weight is 348 g/mol. The number of hydrogen-bond donors (Lipinski definition) is 1. The summed E-state index contributed by atoms with van der Waals surface area (Å²) in [4.78, 5) is 11.4. The van der Waals surface area contributed by atoms with E-state index in [-0.39, 0.29) is 5.69 Å². The monoisotopic (exact) mass is 346 g/mol. The lowest BCUT2D eigenvalue weighted by molar-refractivity contribution is -0.385. The Bertz CT molecular complexity index is 588. The SMILES string of the molecule is O=[N+]([O-])c1cc(NCc2cc(Cl)cs2)ccc1Br. The first-order valence-corrected chi connectivity index (χ1v) is 7.02. The lowest BCUT2D eigenvalue weighted by atomic mass is 10.3. The van der Waals surface area contributed by atoms with Gasteiger partial charge >= 0.3 is 0 Å². The molecule has 0 atom stereocenters. The van der Waals surface area contributed by atoms with Gasteiger partial charge in [0.1, 0.15) is 0 Å². The number of rotatable bonds is 4. The minimum Gasteiger partial charge on any atom is -0.380 e. The maximum absolute atomic E-state index is 10.8. The van der Waals surface area contributed by atoms with Crippen LogP contribution in [0.2, 0.25) is 5.02 Å². The molecule has 0 aliphatic heterocycles. The lowest BCUT2D eigenvalue weighted by Gasteiger charge is -2.05. The van der Waals surface area contributed by atoms with Crippen molar-refractivity contribution in [1.29, 1.82) is 0 Å². The molecule has 0 fully saturated rings. The number of nitro groups is 1. The maximum atomic E-state index is 10.8. The number of nitrogens with zero attached hydrogens (tertiary/aromatic N) is 1. The molecule has 7 heteroatoms. The normalized spacial score (nSPS) is 10.3. The van der Waals surface area contributed by atoms with Crippen LogP contribution in [0, 0.1) is 10.1 Å². The second-order valence-electron chi connectivity index (χ2n) is 3.51. The number of benzene rings is 1. The van der Waals surface area contributed by atoms with Crippen LogP contribution < -0.4 is 5.32 Å². The van der Waals surface area contributed by atoms with Gasteiger partial charge < -0.3 is 5.32 Å². The molecule has 0 spiro atoms. The predicted octanol–water partition coefficient (Wildman–Crippen LogP) is 4.68. The van der Waals surface area contributed by atoms with Gasteiger partial charge in [0.05, 0.1) is 14.4 Å². The van der Waals surface area contributed by atoms with Crippen molar-refractivity contribution in [3.63, 3.8) is 0 Å². The Morgan fingerprint density at radius 1 is 1.44 bits per heavy atom. The van der Waals surface area contributed by atoms with Crippen LogP contribution >= 0.6 is 38.9 Å². The Morgan fingerprint density at radius 2 is 2.22 bits per heavy atom. The van der Waals surface area contributed by atoms with E-state index in [2.05, 4.69) is 21.2 Å². The summed E-state index contributed by atoms with van der Waals surface area (Å²) >= 11 is 10.5. The Labute approximate surface area is 121 Å². The van der Waals surface area contributed by atoms with Gasteiger partial charge in [-0.3, -0.25) is 10.1 Å². The van der Waals surface area contributed by atoms with Gasteiger partial charge in [0, 0.05) is 28.6 Å². The molecule has 1 N–H and O–H groups in total. The van der Waals surface area contributed by atoms with E-state index in [1.807, 2.05) is 11.4 Å². The number of anilines is 1. The maximum Gasteiger partial charge on any atom is 0.285 e. The Hall–Kier alpha value is -1.11. The van der Waals surface area contributed by atoms with Gasteiger partial charge in [-0.1, -0.05) is 11.6 Å². The summed E-state index contributed by atoms with van der Waals surface area (Å²) in [6, 6.07) is 6.81. The topological polar surface area (TPSA) is 55.2 Å². The van der Waals surface area contributed by atoms with Crippen LogP contribution in [0.1, 0.15) is 4.88 Å². The molecule has 0 amide bonds. The molecular formula is C11H8BrClN2O2S. The molecule has 94 valence electrons. The molecule has 4 nitrogen and oxygen atoms in total. The van der Waals surface area contributed by atoms with E-state index in [1.165, 1.54) is 6.07 Å². The zero-order chi connectivity index (χ0) is 13.1. The zero-order valence-corrected chi connectivity index (χ0v) is 12.2. The van der Waals surface area contributed by atoms with E-state index in [0.717, 1.165) is 4.88 Å². The van der Waals surface area contributed by atoms with Gasteiger partial charge in [-0.25, -0.2) is 0 Å². The third-order valence-electron chi connectivity index (χ3n) is 2.23. The summed E-state index contributed by atoms with van der Waals surface area (Å²) in [5, 5.41) is 16.5. The average Bonchev–Trinajstić information content (AvgIpc) is 2.74. The van der Waals surface area contributed by atoms with Crippen LogP contribution in [0.4, 0.5) is 11.4 Å². The fourth-order valence-electron chi connectivity index (χ4n) is 1.40. The van der Waals surface area contributed by atoms with Crippen molar-refractivity contribution in [3.8, 4) is 0 Å². The van der Waals surface area contributed by atoms with E-state index in [1.54, 1.807) is 23.5 Å². The summed E-state index contributed by atoms with van der Waals surface area (Å²) in [5.74, 6) is 0. The van der Waals surface area contributed by atoms with Gasteiger partial charge in [-0.15, -0.1) is 11.3 Å². The van der Waals surface area contributed by atoms with Crippen LogP contribution in [0.15, 0.2) is 34.1 Å². The van der Waals surface area contributed by atoms with Crippen LogP contribution in [0.25, 0.3) is 0 Å². The number of nitro benzene ring substituents is 1. The molecular weight excluding hydrogens is 340 g/mol. The minimum atomic E-state index is -0.419. The number of nitrogens with one attached hydrogen (secondary N) is 1. The lowest BCUT2D eigenvalue weighted by Crippen LogP contribution is -1.98. The van der Waals surface area contributed by atoms with Gasteiger partial charge in [-0.05, 0) is 34.1 Å². The molecule has 0 saturated heterocycles. The summed E-state index contributed by atoms with van der Waals surface area (Å²) < 4.78 is 0.470. The van der Waals surface area contributed by atoms with Gasteiger partial charge in [0.2, 0.25) is 0 Å². The Morgan fingerprint density at radius 3 is 2.83 bits per heavy atom. The van der Waals surface area contributed by atoms with Crippen LogP contribution in [-0.2, 0) is 6.54 Å². The van der Waals surface area contributed by atoms with Gasteiger partial charge in [-0.2, -0.15) is 0 Å². The highest BCUT2D eigenvalue weighted by molar-refractivity contribution is 9.10. The molecule has 0 aliphatic carbocycles. The summed E-state index contributed by atoms with van der Waals surface area (Å²) in [7, 11) is 0. The highest BCUT2D eigenvalue weighted by atomic mass is 79.9. The quantitative estimate of drug-likeness (QED) is 0.645. The smallest absolute Gasteiger partial charge is 0.285 e. The molecule has 2 rings (SSSR count). The molecule has 1 aromatic carbocycles. The summed E-state index contributed by atoms with van der Waals surface area (Å²) in [6.07, 6.45) is 0. The third-order valence-corrected chi connectivity index (χ3v) is 4.19. The van der Waals surface area contributed by atoms with E-state index in [9.17, 15) is 10.1 Å². The van der Waals surface area contributed by atoms with E-state index < -0.39 is 4.92 Å². The van der Waals surface area contributed by atoms with Crippen molar-refractivity contribution < 1.29 is 4.92 Å². The fourth-order valence-corrected chi connectivity index (χ4v) is 2.80. The minimum absolute atomic E-state index is 0.0456. The van der Waals surface area contributed by atoms with Crippen LogP contribution in [-0.4, -0.2) is 4.92 Å². The number of hydrogen-bond acceptors (Lipinski definition) is 4. The second kappa shape index (κ2) is 5.69. The summed E-state index contributed by atoms with van der Waals surface area (Å²) in [5.41, 5.74) is 0.749. The standard InChI is InChI=1S/C11H8BrClN2O2S/c12-10-2-1-8(4-11(10)15(16)17)14-5-9-3-7(13)6-18-9/h1-4,6,14H,5H2. The molecule has 0 unspecified atom stereocenters. The van der Waals surface area contributed by atoms with Gasteiger partial charge in [0.15, 0.2) is 0 Å². The first kappa shape index (κ1) is 13.3. The Kier molecular flexibility index (Phi) is 4.21. The zero-order valence-electron chi connectivity index (χ0n) is 9.02.